The number of hydrogen-bond donors (Lipinski definition) is 0. The number of ether oxygens (including phenoxy) is 3. The van der Waals surface area contributed by atoms with Crippen molar-refractivity contribution in [3.63, 3.8) is 0 Å². The smallest absolute Gasteiger partial charge is 0.329 e. The zero-order valence-electron chi connectivity index (χ0n) is 15.5. The van der Waals surface area contributed by atoms with Gasteiger partial charge in [0.2, 0.25) is 0 Å². The van der Waals surface area contributed by atoms with Crippen LogP contribution in [-0.2, 0) is 89.2 Å². The Kier molecular flexibility index (Phi) is 18.2. The van der Waals surface area contributed by atoms with E-state index in [1.54, 1.807) is 6.07 Å². The van der Waals surface area contributed by atoms with Crippen molar-refractivity contribution in [2.24, 2.45) is 5.92 Å². The molecule has 2 bridgehead atoms. The van der Waals surface area contributed by atoms with Gasteiger partial charge in [-0.25, -0.2) is 10.9 Å². The molecule has 6 nitrogen and oxygen atoms in total. The van der Waals surface area contributed by atoms with Gasteiger partial charge in [-0.3, -0.25) is 4.79 Å². The fourth-order valence-corrected chi connectivity index (χ4v) is 2.17. The predicted octanol–water partition coefficient (Wildman–Crippen LogP) is 3.42. The van der Waals surface area contributed by atoms with Crippen molar-refractivity contribution in [3.8, 4) is 0 Å². The van der Waals surface area contributed by atoms with Crippen LogP contribution in [-0.4, -0.2) is 31.8 Å². The average molecular weight is 528 g/mol. The van der Waals surface area contributed by atoms with Gasteiger partial charge in [-0.15, -0.1) is 6.07 Å². The number of fused-ring (bicyclic) bond motifs is 2. The van der Waals surface area contributed by atoms with Gasteiger partial charge < -0.3 is 18.6 Å². The Balaban J connectivity index is -0.000000334. The largest absolute Gasteiger partial charge is 0.596 e. The van der Waals surface area contributed by atoms with Crippen molar-refractivity contribution >= 4 is 11.9 Å². The number of carbonyl (C=O) groups excluding carboxylic acids is 2. The van der Waals surface area contributed by atoms with E-state index in [2.05, 4.69) is 22.3 Å². The first-order valence-electron chi connectivity index (χ1n) is 7.31. The molecule has 0 aromatic carbocycles. The Bertz CT molecular complexity index is 585. The molecule has 2 aliphatic heterocycles. The first-order valence-corrected chi connectivity index (χ1v) is 7.31. The quantitative estimate of drug-likeness (QED) is 0.333. The molecule has 2 unspecified atom stereocenters. The SMILES string of the molecule is C.C=CC(=O)OC.COC(=O)C1C[C-]2C=CC1(C)O2.Cc1cc[c-]o1.[Y].[Y]. The number of aryl methyl sites for hydroxylation is 1. The van der Waals surface area contributed by atoms with Gasteiger partial charge in [-0.2, -0.15) is 12.1 Å². The van der Waals surface area contributed by atoms with E-state index < -0.39 is 11.6 Å². The van der Waals surface area contributed by atoms with Crippen LogP contribution in [0.5, 0.6) is 0 Å². The molecule has 2 aliphatic rings. The molecule has 0 saturated carbocycles. The zero-order valence-corrected chi connectivity index (χ0v) is 21.2. The number of carbonyl (C=O) groups is 2. The van der Waals surface area contributed by atoms with Crippen LogP contribution in [0.25, 0.3) is 0 Å². The van der Waals surface area contributed by atoms with Gasteiger partial charge in [0, 0.05) is 77.1 Å². The molecule has 0 aliphatic carbocycles. The van der Waals surface area contributed by atoms with E-state index in [0.29, 0.717) is 6.42 Å². The molecule has 1 aromatic heterocycles. The summed E-state index contributed by atoms with van der Waals surface area (Å²) in [7, 11) is 2.72. The molecule has 146 valence electrons. The van der Waals surface area contributed by atoms with Crippen molar-refractivity contribution in [2.75, 3.05) is 14.2 Å². The fraction of sp³-hybridized carbons (Fsp3) is 0.421. The van der Waals surface area contributed by atoms with E-state index in [4.69, 9.17) is 9.15 Å². The maximum Gasteiger partial charge on any atom is 0.329 e. The second-order valence-corrected chi connectivity index (χ2v) is 5.26. The Morgan fingerprint density at radius 3 is 2.22 bits per heavy atom. The van der Waals surface area contributed by atoms with Crippen molar-refractivity contribution in [2.45, 2.75) is 33.3 Å². The first kappa shape index (κ1) is 31.4. The monoisotopic (exact) mass is 528 g/mol. The molecule has 0 spiro atoms. The maximum atomic E-state index is 11.3. The fourth-order valence-electron chi connectivity index (χ4n) is 2.17. The molecule has 2 radical (unpaired) electrons. The van der Waals surface area contributed by atoms with Crippen LogP contribution in [0.4, 0.5) is 0 Å². The minimum absolute atomic E-state index is 0. The van der Waals surface area contributed by atoms with Gasteiger partial charge >= 0.3 is 11.9 Å². The number of hydrogen-bond acceptors (Lipinski definition) is 6. The van der Waals surface area contributed by atoms with Crippen LogP contribution >= 0.6 is 0 Å². The van der Waals surface area contributed by atoms with Crippen LogP contribution in [0.3, 0.4) is 0 Å². The molecule has 0 amide bonds. The summed E-state index contributed by atoms with van der Waals surface area (Å²) in [6.07, 6.45) is 9.10. The third kappa shape index (κ3) is 10.2. The van der Waals surface area contributed by atoms with Crippen molar-refractivity contribution in [1.82, 2.24) is 0 Å². The number of rotatable bonds is 2. The molecular formula is C19H26O6Y2-2. The molecule has 1 aromatic rings. The molecular weight excluding hydrogens is 502 g/mol. The van der Waals surface area contributed by atoms with Crippen LogP contribution in [0, 0.1) is 25.2 Å². The third-order valence-electron chi connectivity index (χ3n) is 3.51. The van der Waals surface area contributed by atoms with E-state index >= 15 is 0 Å². The maximum absolute atomic E-state index is 11.3. The molecule has 8 heteroatoms. The van der Waals surface area contributed by atoms with Crippen LogP contribution in [0.1, 0.15) is 26.5 Å². The van der Waals surface area contributed by atoms with Crippen molar-refractivity contribution in [1.29, 1.82) is 0 Å². The summed E-state index contributed by atoms with van der Waals surface area (Å²) >= 11 is 0. The van der Waals surface area contributed by atoms with Gasteiger partial charge in [0.15, 0.2) is 0 Å². The molecule has 3 rings (SSSR count). The summed E-state index contributed by atoms with van der Waals surface area (Å²) in [4.78, 5) is 21.1. The van der Waals surface area contributed by atoms with Gasteiger partial charge in [0.1, 0.15) is 0 Å². The van der Waals surface area contributed by atoms with Gasteiger partial charge in [0.05, 0.1) is 20.1 Å². The summed E-state index contributed by atoms with van der Waals surface area (Å²) < 4.78 is 19.0. The molecule has 1 saturated heterocycles. The predicted molar refractivity (Wildman–Crippen MR) is 93.2 cm³/mol. The molecule has 1 fully saturated rings. The van der Waals surface area contributed by atoms with E-state index in [0.717, 1.165) is 17.9 Å². The topological polar surface area (TPSA) is 75.0 Å². The van der Waals surface area contributed by atoms with E-state index in [1.165, 1.54) is 14.2 Å². The zero-order chi connectivity index (χ0) is 18.2. The van der Waals surface area contributed by atoms with Crippen molar-refractivity contribution in [3.05, 3.63) is 55.1 Å². The molecule has 0 N–H and O–H groups in total. The van der Waals surface area contributed by atoms with Crippen molar-refractivity contribution < 1.29 is 93.6 Å². The van der Waals surface area contributed by atoms with Crippen LogP contribution < -0.4 is 0 Å². The average Bonchev–Trinajstić information content (AvgIpc) is 3.29. The molecule has 27 heavy (non-hydrogen) atoms. The van der Waals surface area contributed by atoms with Gasteiger partial charge in [-0.05, 0) is 13.2 Å². The second kappa shape index (κ2) is 15.6. The Labute approximate surface area is 212 Å². The van der Waals surface area contributed by atoms with Gasteiger partial charge in [-0.1, -0.05) is 39.2 Å². The Morgan fingerprint density at radius 1 is 1.37 bits per heavy atom. The summed E-state index contributed by atoms with van der Waals surface area (Å²) in [6, 6.07) is 3.61. The standard InChI is InChI=1S/C9H11O3.C5H5O.C4H6O2.CH4.2Y/c1-9-4-3-6(12-9)5-7(9)8(10)11-2;1-5-3-2-4-6-5;1-3-4(5)6-2;;;/h3-4,7H,5H2,1-2H3;2-3H,1H3;3H,1H2,2H3;1H4;;/q2*-1;;;;. The Hall–Kier alpha value is -0.262. The normalized spacial score (nSPS) is 20.1. The summed E-state index contributed by atoms with van der Waals surface area (Å²) in [6.45, 7) is 6.95. The van der Waals surface area contributed by atoms with E-state index in [9.17, 15) is 9.59 Å². The van der Waals surface area contributed by atoms with Crippen LogP contribution in [0.2, 0.25) is 0 Å². The number of methoxy groups -OCH3 is 2. The minimum Gasteiger partial charge on any atom is -0.596 e. The summed E-state index contributed by atoms with van der Waals surface area (Å²) in [5.74, 6) is 0.185. The van der Waals surface area contributed by atoms with Crippen LogP contribution in [0.15, 0.2) is 41.4 Å². The van der Waals surface area contributed by atoms with E-state index in [1.807, 2.05) is 32.1 Å². The number of esters is 2. The molecule has 2 atom stereocenters. The van der Waals surface area contributed by atoms with E-state index in [-0.39, 0.29) is 84.7 Å². The number of furan rings is 1. The summed E-state index contributed by atoms with van der Waals surface area (Å²) in [5.41, 5.74) is -0.442. The van der Waals surface area contributed by atoms with Gasteiger partial charge in [0.25, 0.3) is 0 Å². The first-order chi connectivity index (χ1) is 11.4. The summed E-state index contributed by atoms with van der Waals surface area (Å²) in [5, 5.41) is 0. The molecule has 3 heterocycles. The second-order valence-electron chi connectivity index (χ2n) is 5.26. The third-order valence-corrected chi connectivity index (χ3v) is 3.51. The minimum atomic E-state index is -0.442. The Morgan fingerprint density at radius 2 is 2.00 bits per heavy atom.